The summed E-state index contributed by atoms with van der Waals surface area (Å²) in [6.45, 7) is 2.62. The molecule has 0 aliphatic heterocycles. The summed E-state index contributed by atoms with van der Waals surface area (Å²) in [6, 6.07) is 2.53. The smallest absolute Gasteiger partial charge is 0.365 e. The molecule has 3 rings (SSSR count). The van der Waals surface area contributed by atoms with Gasteiger partial charge in [-0.2, -0.15) is 13.2 Å². The van der Waals surface area contributed by atoms with Gasteiger partial charge in [-0.25, -0.2) is 9.79 Å². The molecule has 0 bridgehead atoms. The molecule has 1 fully saturated rings. The van der Waals surface area contributed by atoms with Crippen LogP contribution in [0.4, 0.5) is 23.7 Å². The fraction of sp³-hybridized carbons (Fsp3) is 0.375. The van der Waals surface area contributed by atoms with Crippen LogP contribution in [0.5, 0.6) is 0 Å². The van der Waals surface area contributed by atoms with Gasteiger partial charge in [-0.05, 0) is 61.4 Å². The number of allylic oxidation sites excluding steroid dienone is 4. The molecule has 2 N–H and O–H groups in total. The van der Waals surface area contributed by atoms with Gasteiger partial charge in [-0.3, -0.25) is 10.1 Å². The van der Waals surface area contributed by atoms with E-state index < -0.39 is 23.8 Å². The van der Waals surface area contributed by atoms with Crippen LogP contribution >= 0.6 is 0 Å². The molecular weight excluding hydrogens is 433 g/mol. The van der Waals surface area contributed by atoms with Crippen molar-refractivity contribution in [1.29, 1.82) is 0 Å². The number of rotatable bonds is 8. The molecule has 0 saturated heterocycles. The summed E-state index contributed by atoms with van der Waals surface area (Å²) < 4.78 is 40.2. The van der Waals surface area contributed by atoms with Crippen LogP contribution < -0.4 is 10.6 Å². The molecule has 1 unspecified atom stereocenters. The van der Waals surface area contributed by atoms with Crippen molar-refractivity contribution in [1.82, 2.24) is 15.5 Å². The first-order valence-corrected chi connectivity index (χ1v) is 10.7. The first kappa shape index (κ1) is 24.3. The predicted octanol–water partition coefficient (Wildman–Crippen LogP) is 4.82. The second-order valence-electron chi connectivity index (χ2n) is 8.28. The summed E-state index contributed by atoms with van der Waals surface area (Å²) in [5, 5.41) is 4.63. The van der Waals surface area contributed by atoms with E-state index in [0.717, 1.165) is 24.3 Å². The molecule has 176 valence electrons. The van der Waals surface area contributed by atoms with Gasteiger partial charge >= 0.3 is 12.2 Å². The van der Waals surface area contributed by atoms with E-state index in [-0.39, 0.29) is 6.41 Å². The van der Waals surface area contributed by atoms with Gasteiger partial charge in [0.25, 0.3) is 0 Å². The lowest BCUT2D eigenvalue weighted by Crippen LogP contribution is -2.40. The van der Waals surface area contributed by atoms with Crippen LogP contribution in [0.1, 0.15) is 37.3 Å². The number of carbonyl (C=O) groups is 2. The normalized spacial score (nSPS) is 17.1. The van der Waals surface area contributed by atoms with Crippen LogP contribution in [-0.4, -0.2) is 43.3 Å². The quantitative estimate of drug-likeness (QED) is 0.332. The molecule has 0 spiro atoms. The molecule has 1 saturated carbocycles. The molecule has 0 aromatic heterocycles. The Morgan fingerprint density at radius 1 is 1.30 bits per heavy atom. The maximum atomic E-state index is 13.4. The van der Waals surface area contributed by atoms with E-state index in [4.69, 9.17) is 0 Å². The third kappa shape index (κ3) is 7.06. The first-order valence-electron chi connectivity index (χ1n) is 10.7. The van der Waals surface area contributed by atoms with Crippen molar-refractivity contribution in [2.24, 2.45) is 10.9 Å². The van der Waals surface area contributed by atoms with E-state index in [1.54, 1.807) is 31.5 Å². The first-order chi connectivity index (χ1) is 15.7. The van der Waals surface area contributed by atoms with Gasteiger partial charge in [0.05, 0.1) is 23.6 Å². The monoisotopic (exact) mass is 460 g/mol. The largest absolute Gasteiger partial charge is 0.416 e. The lowest BCUT2D eigenvalue weighted by Gasteiger charge is -2.15. The Balaban J connectivity index is 1.89. The highest BCUT2D eigenvalue weighted by Gasteiger charge is 2.31. The SMILES string of the molecule is CC(NC(=O)NC=O)C1=CC=C(c2cc(C(F)(F)F)ccc2N=CN(C)CC2CC2)CC=C1. The zero-order chi connectivity index (χ0) is 24.0. The van der Waals surface area contributed by atoms with Crippen molar-refractivity contribution < 1.29 is 22.8 Å². The topological polar surface area (TPSA) is 73.8 Å². The molecule has 2 aliphatic rings. The third-order valence-corrected chi connectivity index (χ3v) is 5.47. The van der Waals surface area contributed by atoms with Crippen molar-refractivity contribution in [3.8, 4) is 0 Å². The highest BCUT2D eigenvalue weighted by Crippen LogP contribution is 2.37. The number of nitrogens with one attached hydrogen (secondary N) is 2. The molecule has 6 nitrogen and oxygen atoms in total. The Kier molecular flexibility index (Phi) is 7.73. The van der Waals surface area contributed by atoms with Crippen molar-refractivity contribution in [2.75, 3.05) is 13.6 Å². The highest BCUT2D eigenvalue weighted by atomic mass is 19.4. The lowest BCUT2D eigenvalue weighted by molar-refractivity contribution is -0.137. The minimum Gasteiger partial charge on any atom is -0.365 e. The van der Waals surface area contributed by atoms with Crippen molar-refractivity contribution in [3.05, 3.63) is 59.2 Å². The molecule has 1 aromatic rings. The van der Waals surface area contributed by atoms with Crippen LogP contribution in [0.2, 0.25) is 0 Å². The van der Waals surface area contributed by atoms with Crippen LogP contribution in [0, 0.1) is 5.92 Å². The Labute approximate surface area is 190 Å². The number of nitrogens with zero attached hydrogens (tertiary/aromatic N) is 2. The van der Waals surface area contributed by atoms with Crippen LogP contribution in [0.3, 0.4) is 0 Å². The minimum absolute atomic E-state index is 0.287. The number of alkyl halides is 3. The number of hydrogen-bond donors (Lipinski definition) is 2. The number of halogens is 3. The number of imide groups is 1. The van der Waals surface area contributed by atoms with Gasteiger partial charge < -0.3 is 10.2 Å². The minimum atomic E-state index is -4.47. The van der Waals surface area contributed by atoms with Gasteiger partial charge in [-0.15, -0.1) is 0 Å². The van der Waals surface area contributed by atoms with Crippen molar-refractivity contribution >= 4 is 30.0 Å². The maximum absolute atomic E-state index is 13.4. The average Bonchev–Trinajstić information content (AvgIpc) is 3.58. The van der Waals surface area contributed by atoms with Crippen LogP contribution in [0.15, 0.2) is 53.1 Å². The number of urea groups is 1. The number of aliphatic imine (C=N–C) groups is 1. The fourth-order valence-corrected chi connectivity index (χ4v) is 3.50. The van der Waals surface area contributed by atoms with Crippen LogP contribution in [-0.2, 0) is 11.0 Å². The van der Waals surface area contributed by atoms with E-state index in [1.807, 2.05) is 23.3 Å². The number of carbonyl (C=O) groups excluding carboxylic acids is 2. The summed E-state index contributed by atoms with van der Waals surface area (Å²) in [6.07, 6.45) is 7.39. The lowest BCUT2D eigenvalue weighted by atomic mass is 9.98. The molecular formula is C24H27F3N4O2. The second-order valence-corrected chi connectivity index (χ2v) is 8.28. The third-order valence-electron chi connectivity index (χ3n) is 5.47. The molecule has 3 amide bonds. The highest BCUT2D eigenvalue weighted by molar-refractivity contribution is 5.85. The predicted molar refractivity (Wildman–Crippen MR) is 122 cm³/mol. The zero-order valence-corrected chi connectivity index (χ0v) is 18.5. The Morgan fingerprint density at radius 3 is 2.73 bits per heavy atom. The molecule has 33 heavy (non-hydrogen) atoms. The van der Waals surface area contributed by atoms with Gasteiger partial charge in [0, 0.05) is 19.2 Å². The zero-order valence-electron chi connectivity index (χ0n) is 18.5. The number of benzene rings is 1. The molecule has 9 heteroatoms. The van der Waals surface area contributed by atoms with E-state index >= 15 is 0 Å². The van der Waals surface area contributed by atoms with Crippen molar-refractivity contribution in [2.45, 2.75) is 38.4 Å². The van der Waals surface area contributed by atoms with E-state index in [0.29, 0.717) is 29.2 Å². The average molecular weight is 461 g/mol. The maximum Gasteiger partial charge on any atom is 0.416 e. The molecule has 1 atom stereocenters. The van der Waals surface area contributed by atoms with Gasteiger partial charge in [0.2, 0.25) is 6.41 Å². The molecule has 0 heterocycles. The van der Waals surface area contributed by atoms with Crippen molar-refractivity contribution in [3.63, 3.8) is 0 Å². The number of hydrogen-bond acceptors (Lipinski definition) is 3. The Bertz CT molecular complexity index is 1010. The summed E-state index contributed by atoms with van der Waals surface area (Å²) in [5.74, 6) is 0.663. The molecule has 2 aliphatic carbocycles. The number of amides is 3. The van der Waals surface area contributed by atoms with Gasteiger partial charge in [-0.1, -0.05) is 24.3 Å². The van der Waals surface area contributed by atoms with E-state index in [2.05, 4.69) is 10.3 Å². The van der Waals surface area contributed by atoms with E-state index in [9.17, 15) is 22.8 Å². The summed E-state index contributed by atoms with van der Waals surface area (Å²) in [5.41, 5.74) is 1.55. The standard InChI is InChI=1S/C24H27F3N4O2/c1-16(30-23(33)29-15-32)18-4-3-5-19(9-8-18)21-12-20(24(25,26)27)10-11-22(21)28-14-31(2)13-17-6-7-17/h3-4,8-12,14-17H,5-7,13H2,1-2H3,(H2,29,30,32,33). The molecule has 1 aromatic carbocycles. The van der Waals surface area contributed by atoms with E-state index in [1.165, 1.54) is 18.9 Å². The fourth-order valence-electron chi connectivity index (χ4n) is 3.50. The van der Waals surface area contributed by atoms with Gasteiger partial charge in [0.15, 0.2) is 0 Å². The van der Waals surface area contributed by atoms with Crippen LogP contribution in [0.25, 0.3) is 5.57 Å². The Hall–Kier alpha value is -3.36. The summed E-state index contributed by atoms with van der Waals surface area (Å²) in [7, 11) is 1.91. The van der Waals surface area contributed by atoms with Gasteiger partial charge in [0.1, 0.15) is 0 Å². The second kappa shape index (κ2) is 10.5. The summed E-state index contributed by atoms with van der Waals surface area (Å²) >= 11 is 0. The Morgan fingerprint density at radius 2 is 2.06 bits per heavy atom. The molecule has 0 radical (unpaired) electrons. The summed E-state index contributed by atoms with van der Waals surface area (Å²) in [4.78, 5) is 28.4.